The van der Waals surface area contributed by atoms with Crippen LogP contribution < -0.4 is 5.32 Å². The zero-order valence-electron chi connectivity index (χ0n) is 14.1. The second-order valence-corrected chi connectivity index (χ2v) is 6.57. The Kier molecular flexibility index (Phi) is 5.64. The van der Waals surface area contributed by atoms with Crippen LogP contribution in [-0.4, -0.2) is 35.6 Å². The fourth-order valence-electron chi connectivity index (χ4n) is 2.95. The molecule has 0 saturated heterocycles. The minimum atomic E-state index is -0.894. The molecule has 0 radical (unpaired) electrons. The van der Waals surface area contributed by atoms with Crippen LogP contribution in [-0.2, 0) is 11.2 Å². The summed E-state index contributed by atoms with van der Waals surface area (Å²) in [5, 5.41) is 11.8. The third-order valence-corrected chi connectivity index (χ3v) is 4.46. The van der Waals surface area contributed by atoms with E-state index in [2.05, 4.69) is 37.4 Å². The Bertz CT molecular complexity index is 584. The largest absolute Gasteiger partial charge is 0.481 e. The molecule has 2 amide bonds. The maximum Gasteiger partial charge on any atom is 0.317 e. The molecule has 5 heteroatoms. The number of carboxylic acid groups (broad SMARTS) is 1. The normalized spacial score (nSPS) is 16.8. The molecule has 126 valence electrons. The van der Waals surface area contributed by atoms with Crippen LogP contribution in [0, 0.1) is 0 Å². The number of amides is 2. The van der Waals surface area contributed by atoms with E-state index < -0.39 is 5.97 Å². The van der Waals surface area contributed by atoms with E-state index in [0.29, 0.717) is 5.92 Å². The molecule has 0 aliphatic heterocycles. The fourth-order valence-corrected chi connectivity index (χ4v) is 2.95. The fraction of sp³-hybridized carbons (Fsp3) is 0.556. The van der Waals surface area contributed by atoms with E-state index in [-0.39, 0.29) is 25.0 Å². The number of hydrogen-bond donors (Lipinski definition) is 2. The highest BCUT2D eigenvalue weighted by Gasteiger charge is 2.23. The maximum absolute atomic E-state index is 12.3. The Morgan fingerprint density at radius 3 is 2.78 bits per heavy atom. The van der Waals surface area contributed by atoms with Crippen molar-refractivity contribution in [2.45, 2.75) is 51.5 Å². The van der Waals surface area contributed by atoms with Crippen molar-refractivity contribution in [2.75, 3.05) is 13.6 Å². The Hall–Kier alpha value is -2.04. The smallest absolute Gasteiger partial charge is 0.317 e. The molecule has 1 aliphatic rings. The van der Waals surface area contributed by atoms with Crippen molar-refractivity contribution in [3.63, 3.8) is 0 Å². The SMILES string of the molecule is CC(C)c1ccc2c(c1)[C@@H](NC(=O)N(C)CCC(=O)O)CCC2. The summed E-state index contributed by atoms with van der Waals surface area (Å²) in [6.07, 6.45) is 2.99. The van der Waals surface area contributed by atoms with Gasteiger partial charge in [0.25, 0.3) is 0 Å². The number of aryl methyl sites for hydroxylation is 1. The van der Waals surface area contributed by atoms with Gasteiger partial charge in [-0.1, -0.05) is 32.0 Å². The molecule has 1 aromatic rings. The van der Waals surface area contributed by atoms with Gasteiger partial charge in [0.2, 0.25) is 0 Å². The van der Waals surface area contributed by atoms with Crippen LogP contribution in [0.25, 0.3) is 0 Å². The molecular formula is C18H26N2O3. The summed E-state index contributed by atoms with van der Waals surface area (Å²) in [7, 11) is 1.63. The first kappa shape index (κ1) is 17.3. The summed E-state index contributed by atoms with van der Waals surface area (Å²) < 4.78 is 0. The zero-order valence-corrected chi connectivity index (χ0v) is 14.1. The van der Waals surface area contributed by atoms with Gasteiger partial charge in [0.15, 0.2) is 0 Å². The molecule has 2 rings (SSSR count). The van der Waals surface area contributed by atoms with Gasteiger partial charge in [-0.25, -0.2) is 4.79 Å². The molecule has 1 aromatic carbocycles. The molecule has 23 heavy (non-hydrogen) atoms. The van der Waals surface area contributed by atoms with Crippen molar-refractivity contribution < 1.29 is 14.7 Å². The standard InChI is InChI=1S/C18H26N2O3/c1-12(2)14-8-7-13-5-4-6-16(15(13)11-14)19-18(23)20(3)10-9-17(21)22/h7-8,11-12,16H,4-6,9-10H2,1-3H3,(H,19,23)(H,21,22)/t16-/m0/s1. The molecule has 0 bridgehead atoms. The van der Waals surface area contributed by atoms with E-state index in [9.17, 15) is 9.59 Å². The maximum atomic E-state index is 12.3. The predicted molar refractivity (Wildman–Crippen MR) is 89.6 cm³/mol. The van der Waals surface area contributed by atoms with Crippen molar-refractivity contribution in [3.8, 4) is 0 Å². The lowest BCUT2D eigenvalue weighted by molar-refractivity contribution is -0.137. The molecule has 0 aromatic heterocycles. The van der Waals surface area contributed by atoms with Crippen LogP contribution >= 0.6 is 0 Å². The predicted octanol–water partition coefficient (Wildman–Crippen LogP) is 3.30. The van der Waals surface area contributed by atoms with Gasteiger partial charge in [0.05, 0.1) is 12.5 Å². The van der Waals surface area contributed by atoms with Crippen molar-refractivity contribution in [3.05, 3.63) is 34.9 Å². The molecule has 0 fully saturated rings. The molecule has 1 aliphatic carbocycles. The second kappa shape index (κ2) is 7.49. The Morgan fingerprint density at radius 1 is 1.39 bits per heavy atom. The van der Waals surface area contributed by atoms with Gasteiger partial charge in [-0.2, -0.15) is 0 Å². The zero-order chi connectivity index (χ0) is 17.0. The van der Waals surface area contributed by atoms with Gasteiger partial charge in [0, 0.05) is 13.6 Å². The number of fused-ring (bicyclic) bond motifs is 1. The van der Waals surface area contributed by atoms with Crippen molar-refractivity contribution in [1.82, 2.24) is 10.2 Å². The third kappa shape index (κ3) is 4.47. The molecule has 0 heterocycles. The lowest BCUT2D eigenvalue weighted by atomic mass is 9.85. The van der Waals surface area contributed by atoms with Crippen LogP contribution in [0.15, 0.2) is 18.2 Å². The summed E-state index contributed by atoms with van der Waals surface area (Å²) in [4.78, 5) is 24.3. The number of benzene rings is 1. The first-order valence-corrected chi connectivity index (χ1v) is 8.24. The molecule has 5 nitrogen and oxygen atoms in total. The summed E-state index contributed by atoms with van der Waals surface area (Å²) in [5.41, 5.74) is 3.80. The van der Waals surface area contributed by atoms with E-state index in [0.717, 1.165) is 19.3 Å². The van der Waals surface area contributed by atoms with Gasteiger partial charge in [0.1, 0.15) is 0 Å². The average Bonchev–Trinajstić information content (AvgIpc) is 2.52. The number of hydrogen-bond acceptors (Lipinski definition) is 2. The van der Waals surface area contributed by atoms with E-state index in [1.165, 1.54) is 21.6 Å². The van der Waals surface area contributed by atoms with Gasteiger partial charge < -0.3 is 15.3 Å². The third-order valence-electron chi connectivity index (χ3n) is 4.46. The van der Waals surface area contributed by atoms with E-state index in [4.69, 9.17) is 5.11 Å². The molecule has 0 spiro atoms. The number of aliphatic carboxylic acids is 1. The Balaban J connectivity index is 2.09. The number of carboxylic acids is 1. The highest BCUT2D eigenvalue weighted by molar-refractivity contribution is 5.75. The van der Waals surface area contributed by atoms with Gasteiger partial charge in [-0.05, 0) is 41.9 Å². The minimum absolute atomic E-state index is 0.0113. The first-order valence-electron chi connectivity index (χ1n) is 8.24. The molecule has 0 unspecified atom stereocenters. The highest BCUT2D eigenvalue weighted by Crippen LogP contribution is 2.32. The van der Waals surface area contributed by atoms with Crippen LogP contribution in [0.4, 0.5) is 4.79 Å². The number of carbonyl (C=O) groups excluding carboxylic acids is 1. The topological polar surface area (TPSA) is 69.6 Å². The first-order chi connectivity index (χ1) is 10.9. The Morgan fingerprint density at radius 2 is 2.13 bits per heavy atom. The van der Waals surface area contributed by atoms with Gasteiger partial charge >= 0.3 is 12.0 Å². The molecule has 0 saturated carbocycles. The number of nitrogens with one attached hydrogen (secondary N) is 1. The number of nitrogens with zero attached hydrogens (tertiary/aromatic N) is 1. The number of urea groups is 1. The van der Waals surface area contributed by atoms with Crippen molar-refractivity contribution in [2.24, 2.45) is 0 Å². The summed E-state index contributed by atoms with van der Waals surface area (Å²) in [6, 6.07) is 6.36. The van der Waals surface area contributed by atoms with Crippen LogP contribution in [0.3, 0.4) is 0 Å². The number of rotatable bonds is 5. The summed E-state index contributed by atoms with van der Waals surface area (Å²) >= 11 is 0. The summed E-state index contributed by atoms with van der Waals surface area (Å²) in [6.45, 7) is 4.54. The van der Waals surface area contributed by atoms with Crippen molar-refractivity contribution >= 4 is 12.0 Å². The van der Waals surface area contributed by atoms with Crippen molar-refractivity contribution in [1.29, 1.82) is 0 Å². The second-order valence-electron chi connectivity index (χ2n) is 6.57. The number of carbonyl (C=O) groups is 2. The minimum Gasteiger partial charge on any atom is -0.481 e. The Labute approximate surface area is 137 Å². The van der Waals surface area contributed by atoms with E-state index >= 15 is 0 Å². The highest BCUT2D eigenvalue weighted by atomic mass is 16.4. The van der Waals surface area contributed by atoms with Crippen LogP contribution in [0.2, 0.25) is 0 Å². The van der Waals surface area contributed by atoms with Crippen LogP contribution in [0.5, 0.6) is 0 Å². The molecular weight excluding hydrogens is 292 g/mol. The molecule has 2 N–H and O–H groups in total. The monoisotopic (exact) mass is 318 g/mol. The summed E-state index contributed by atoms with van der Waals surface area (Å²) in [5.74, 6) is -0.439. The van der Waals surface area contributed by atoms with Gasteiger partial charge in [-0.15, -0.1) is 0 Å². The average molecular weight is 318 g/mol. The van der Waals surface area contributed by atoms with E-state index in [1.54, 1.807) is 7.05 Å². The quantitative estimate of drug-likeness (QED) is 0.875. The lowest BCUT2D eigenvalue weighted by Gasteiger charge is -2.29. The van der Waals surface area contributed by atoms with Crippen LogP contribution in [0.1, 0.15) is 61.8 Å². The van der Waals surface area contributed by atoms with Gasteiger partial charge in [-0.3, -0.25) is 4.79 Å². The van der Waals surface area contributed by atoms with E-state index in [1.807, 2.05) is 0 Å². The lowest BCUT2D eigenvalue weighted by Crippen LogP contribution is -2.41. The molecule has 1 atom stereocenters.